The molecule has 0 aliphatic heterocycles. The number of hydrogen-bond donors (Lipinski definition) is 2. The highest BCUT2D eigenvalue weighted by Crippen LogP contribution is 2.39. The summed E-state index contributed by atoms with van der Waals surface area (Å²) >= 11 is 0. The molecule has 5 nitrogen and oxygen atoms in total. The summed E-state index contributed by atoms with van der Waals surface area (Å²) in [5.41, 5.74) is 1.99. The topological polar surface area (TPSA) is 76.0 Å². The lowest BCUT2D eigenvalue weighted by Crippen LogP contribution is -1.90. The molecule has 0 aromatic heterocycles. The second kappa shape index (κ2) is 6.12. The first kappa shape index (κ1) is 15.7. The van der Waals surface area contributed by atoms with Gasteiger partial charge in [-0.25, -0.2) is 0 Å². The highest BCUT2D eigenvalue weighted by molar-refractivity contribution is 6.02. The number of carbonyl (C=O) groups is 1. The van der Waals surface area contributed by atoms with E-state index in [0.29, 0.717) is 17.1 Å². The minimum absolute atomic E-state index is 0.0100. The number of phenolic OH excluding ortho intramolecular Hbond substituents is 2. The molecule has 0 fully saturated rings. The zero-order chi connectivity index (χ0) is 17.3. The third-order valence-electron chi connectivity index (χ3n) is 3.90. The highest BCUT2D eigenvalue weighted by atomic mass is 16.5. The summed E-state index contributed by atoms with van der Waals surface area (Å²) in [5.74, 6) is 0.701. The van der Waals surface area contributed by atoms with Gasteiger partial charge in [0.25, 0.3) is 0 Å². The Kier molecular flexibility index (Phi) is 4.00. The van der Waals surface area contributed by atoms with Gasteiger partial charge in [0.2, 0.25) is 0 Å². The van der Waals surface area contributed by atoms with Crippen molar-refractivity contribution in [3.8, 4) is 34.1 Å². The average molecular weight is 324 g/mol. The molecular weight excluding hydrogens is 308 g/mol. The zero-order valence-electron chi connectivity index (χ0n) is 13.2. The van der Waals surface area contributed by atoms with Crippen molar-refractivity contribution in [2.45, 2.75) is 0 Å². The Morgan fingerprint density at radius 2 is 1.58 bits per heavy atom. The smallest absolute Gasteiger partial charge is 0.161 e. The summed E-state index contributed by atoms with van der Waals surface area (Å²) in [5, 5.41) is 21.4. The first-order valence-corrected chi connectivity index (χ1v) is 7.24. The Morgan fingerprint density at radius 3 is 2.25 bits per heavy atom. The summed E-state index contributed by atoms with van der Waals surface area (Å²) in [6.45, 7) is 0. The zero-order valence-corrected chi connectivity index (χ0v) is 13.2. The van der Waals surface area contributed by atoms with Crippen LogP contribution in [0, 0.1) is 0 Å². The van der Waals surface area contributed by atoms with Crippen LogP contribution in [-0.2, 0) is 0 Å². The molecule has 0 amide bonds. The summed E-state index contributed by atoms with van der Waals surface area (Å²) in [4.78, 5) is 11.3. The molecule has 0 saturated heterocycles. The normalized spacial score (nSPS) is 10.6. The van der Waals surface area contributed by atoms with Crippen molar-refractivity contribution < 1.29 is 24.5 Å². The van der Waals surface area contributed by atoms with E-state index in [1.54, 1.807) is 36.4 Å². The van der Waals surface area contributed by atoms with Crippen molar-refractivity contribution in [1.29, 1.82) is 0 Å². The highest BCUT2D eigenvalue weighted by Gasteiger charge is 2.13. The van der Waals surface area contributed by atoms with Gasteiger partial charge in [-0.15, -0.1) is 0 Å². The number of carbonyl (C=O) groups excluding carboxylic acids is 1. The first-order valence-electron chi connectivity index (χ1n) is 7.24. The van der Waals surface area contributed by atoms with Crippen molar-refractivity contribution in [3.63, 3.8) is 0 Å². The van der Waals surface area contributed by atoms with Crippen LogP contribution in [0.2, 0.25) is 0 Å². The van der Waals surface area contributed by atoms with E-state index in [1.807, 2.05) is 0 Å². The number of ether oxygens (including phenoxy) is 2. The number of fused-ring (bicyclic) bond motifs is 1. The number of aromatic hydroxyl groups is 2. The fourth-order valence-electron chi connectivity index (χ4n) is 2.72. The Balaban J connectivity index is 2.33. The van der Waals surface area contributed by atoms with Crippen molar-refractivity contribution in [3.05, 3.63) is 48.0 Å². The number of rotatable bonds is 4. The van der Waals surface area contributed by atoms with Crippen molar-refractivity contribution in [2.75, 3.05) is 14.2 Å². The molecule has 0 saturated carbocycles. The van der Waals surface area contributed by atoms with Crippen LogP contribution < -0.4 is 9.47 Å². The van der Waals surface area contributed by atoms with E-state index < -0.39 is 0 Å². The molecule has 24 heavy (non-hydrogen) atoms. The van der Waals surface area contributed by atoms with Crippen molar-refractivity contribution in [1.82, 2.24) is 0 Å². The molecule has 3 aromatic carbocycles. The van der Waals surface area contributed by atoms with Crippen molar-refractivity contribution >= 4 is 17.1 Å². The molecule has 0 heterocycles. The summed E-state index contributed by atoms with van der Waals surface area (Å²) in [6, 6.07) is 11.7. The minimum Gasteiger partial charge on any atom is -0.504 e. The minimum atomic E-state index is 0.0100. The predicted octanol–water partition coefficient (Wildman–Crippen LogP) is 3.75. The van der Waals surface area contributed by atoms with E-state index in [0.717, 1.165) is 28.2 Å². The Hall–Kier alpha value is -3.21. The fourth-order valence-corrected chi connectivity index (χ4v) is 2.72. The van der Waals surface area contributed by atoms with Gasteiger partial charge in [0.05, 0.1) is 14.2 Å². The molecule has 5 heteroatoms. The first-order chi connectivity index (χ1) is 11.6. The van der Waals surface area contributed by atoms with Crippen molar-refractivity contribution in [2.24, 2.45) is 0 Å². The van der Waals surface area contributed by atoms with Gasteiger partial charge >= 0.3 is 0 Å². The largest absolute Gasteiger partial charge is 0.504 e. The van der Waals surface area contributed by atoms with Gasteiger partial charge < -0.3 is 19.7 Å². The van der Waals surface area contributed by atoms with Crippen LogP contribution in [0.4, 0.5) is 0 Å². The monoisotopic (exact) mass is 324 g/mol. The molecule has 3 aromatic rings. The van der Waals surface area contributed by atoms with Gasteiger partial charge in [-0.1, -0.05) is 6.07 Å². The van der Waals surface area contributed by atoms with E-state index >= 15 is 0 Å². The van der Waals surface area contributed by atoms with E-state index in [9.17, 15) is 15.0 Å². The van der Waals surface area contributed by atoms with Crippen LogP contribution in [-0.4, -0.2) is 30.7 Å². The third kappa shape index (κ3) is 2.60. The molecule has 0 radical (unpaired) electrons. The van der Waals surface area contributed by atoms with Gasteiger partial charge in [-0.05, 0) is 58.3 Å². The number of phenols is 2. The van der Waals surface area contributed by atoms with Gasteiger partial charge in [-0.2, -0.15) is 0 Å². The molecule has 0 aliphatic rings. The molecule has 0 aliphatic carbocycles. The van der Waals surface area contributed by atoms with E-state index in [1.165, 1.54) is 20.3 Å². The Bertz CT molecular complexity index is 931. The van der Waals surface area contributed by atoms with Crippen LogP contribution in [0.3, 0.4) is 0 Å². The Labute approximate surface area is 138 Å². The summed E-state index contributed by atoms with van der Waals surface area (Å²) < 4.78 is 10.3. The van der Waals surface area contributed by atoms with E-state index in [-0.39, 0.29) is 11.5 Å². The Morgan fingerprint density at radius 1 is 0.875 bits per heavy atom. The van der Waals surface area contributed by atoms with E-state index in [4.69, 9.17) is 9.47 Å². The number of hydrogen-bond acceptors (Lipinski definition) is 5. The SMILES string of the molecule is COc1cc(-c2cc(C=O)cc3cc(OC)c(O)cc23)ccc1O. The van der Waals surface area contributed by atoms with Crippen LogP contribution >= 0.6 is 0 Å². The predicted molar refractivity (Wildman–Crippen MR) is 91.2 cm³/mol. The summed E-state index contributed by atoms with van der Waals surface area (Å²) in [7, 11) is 2.94. The number of aldehydes is 1. The standard InChI is InChI=1S/C19H16O5/c1-23-18-7-12(3-4-16(18)21)14-6-11(10-20)5-13-8-19(24-2)17(22)9-15(13)14/h3-10,21-22H,1-2H3. The van der Waals surface area contributed by atoms with Crippen LogP contribution in [0.15, 0.2) is 42.5 Å². The van der Waals surface area contributed by atoms with Gasteiger partial charge in [0.1, 0.15) is 6.29 Å². The lowest BCUT2D eigenvalue weighted by Gasteiger charge is -2.12. The molecule has 0 bridgehead atoms. The maximum absolute atomic E-state index is 11.3. The number of benzene rings is 3. The van der Waals surface area contributed by atoms with Gasteiger partial charge in [0.15, 0.2) is 23.0 Å². The number of methoxy groups -OCH3 is 2. The lowest BCUT2D eigenvalue weighted by atomic mass is 9.95. The summed E-state index contributed by atoms with van der Waals surface area (Å²) in [6.07, 6.45) is 0.764. The molecule has 122 valence electrons. The second-order valence-corrected chi connectivity index (χ2v) is 5.32. The maximum Gasteiger partial charge on any atom is 0.161 e. The lowest BCUT2D eigenvalue weighted by molar-refractivity contribution is 0.112. The second-order valence-electron chi connectivity index (χ2n) is 5.32. The van der Waals surface area contributed by atoms with Crippen LogP contribution in [0.1, 0.15) is 10.4 Å². The molecule has 0 atom stereocenters. The molecule has 3 rings (SSSR count). The fraction of sp³-hybridized carbons (Fsp3) is 0.105. The molecule has 0 unspecified atom stereocenters. The molecule has 2 N–H and O–H groups in total. The maximum atomic E-state index is 11.3. The van der Waals surface area contributed by atoms with Gasteiger partial charge in [-0.3, -0.25) is 4.79 Å². The quantitative estimate of drug-likeness (QED) is 0.715. The van der Waals surface area contributed by atoms with Crippen LogP contribution in [0.25, 0.3) is 21.9 Å². The molecule has 0 spiro atoms. The van der Waals surface area contributed by atoms with E-state index in [2.05, 4.69) is 0 Å². The van der Waals surface area contributed by atoms with Crippen LogP contribution in [0.5, 0.6) is 23.0 Å². The van der Waals surface area contributed by atoms with Gasteiger partial charge in [0, 0.05) is 5.56 Å². The molecular formula is C19H16O5. The third-order valence-corrected chi connectivity index (χ3v) is 3.90. The average Bonchev–Trinajstić information content (AvgIpc) is 2.60.